The van der Waals surface area contributed by atoms with Gasteiger partial charge in [0.25, 0.3) is 0 Å². The number of hydrogen-bond acceptors (Lipinski definition) is 8. The van der Waals surface area contributed by atoms with Crippen molar-refractivity contribution in [2.24, 2.45) is 0 Å². The molecule has 0 bridgehead atoms. The van der Waals surface area contributed by atoms with Crippen molar-refractivity contribution in [2.75, 3.05) is 33.3 Å². The Labute approximate surface area is 144 Å². The maximum Gasteiger partial charge on any atom is 0.411 e. The number of hydrogen-bond donors (Lipinski definition) is 2. The molecule has 25 heavy (non-hydrogen) atoms. The van der Waals surface area contributed by atoms with Gasteiger partial charge in [0.05, 0.1) is 33.6 Å². The summed E-state index contributed by atoms with van der Waals surface area (Å²) in [6.45, 7) is 1.75. The van der Waals surface area contributed by atoms with E-state index < -0.39 is 23.4 Å². The van der Waals surface area contributed by atoms with Crippen LogP contribution < -0.4 is 14.8 Å². The summed E-state index contributed by atoms with van der Waals surface area (Å²) >= 11 is 0. The normalized spacial score (nSPS) is 10.8. The van der Waals surface area contributed by atoms with E-state index in [-0.39, 0.29) is 29.4 Å². The maximum atomic E-state index is 11.7. The van der Waals surface area contributed by atoms with Gasteiger partial charge in [0.2, 0.25) is 0 Å². The zero-order valence-corrected chi connectivity index (χ0v) is 14.2. The van der Waals surface area contributed by atoms with E-state index in [1.165, 1.54) is 26.4 Å². The highest BCUT2D eigenvalue weighted by Gasteiger charge is 2.22. The van der Waals surface area contributed by atoms with Gasteiger partial charge in [-0.25, -0.2) is 9.59 Å². The summed E-state index contributed by atoms with van der Waals surface area (Å²) in [5.41, 5.74) is -0.639. The van der Waals surface area contributed by atoms with E-state index in [0.29, 0.717) is 0 Å². The Balaban J connectivity index is 3.59. The number of nitrogens with one attached hydrogen (secondary N) is 1. The second-order valence-corrected chi connectivity index (χ2v) is 4.43. The lowest BCUT2D eigenvalue weighted by Gasteiger charge is -2.15. The number of esters is 1. The van der Waals surface area contributed by atoms with Gasteiger partial charge in [0, 0.05) is 11.6 Å². The first-order chi connectivity index (χ1) is 11.9. The monoisotopic (exact) mass is 350 g/mol. The summed E-state index contributed by atoms with van der Waals surface area (Å²) < 4.78 is 19.5. The molecule has 1 aromatic carbocycles. The highest BCUT2D eigenvalue weighted by Crippen LogP contribution is 2.37. The molecule has 1 amide bonds. The first kappa shape index (κ1) is 19.6. The van der Waals surface area contributed by atoms with Crippen LogP contribution in [-0.2, 0) is 14.3 Å². The van der Waals surface area contributed by atoms with Gasteiger partial charge >= 0.3 is 12.1 Å². The standard InChI is InChI=1S/C16H18N2O7/c1-5-25-16(21)18-11-7-13(23-3)12(22-2)6-9(11)14(19)10(8-17)15(20)24-4/h6-7,19H,5H2,1-4H3,(H,18,21)/b14-10-. The molecule has 2 N–H and O–H groups in total. The predicted octanol–water partition coefficient (Wildman–Crippen LogP) is 2.24. The minimum absolute atomic E-state index is 0.0465. The Hall–Kier alpha value is -3.41. The number of aliphatic hydroxyl groups excluding tert-OH is 1. The third-order valence-corrected chi connectivity index (χ3v) is 3.03. The topological polar surface area (TPSA) is 127 Å². The number of carbonyl (C=O) groups excluding carboxylic acids is 2. The molecule has 1 aromatic rings. The average Bonchev–Trinajstić information content (AvgIpc) is 2.61. The molecule has 134 valence electrons. The van der Waals surface area contributed by atoms with E-state index in [9.17, 15) is 14.7 Å². The van der Waals surface area contributed by atoms with Crippen molar-refractivity contribution < 1.29 is 33.6 Å². The molecule has 0 saturated heterocycles. The van der Waals surface area contributed by atoms with Crippen molar-refractivity contribution in [1.29, 1.82) is 5.26 Å². The number of anilines is 1. The molecule has 0 aliphatic carbocycles. The first-order valence-electron chi connectivity index (χ1n) is 7.05. The molecule has 0 heterocycles. The van der Waals surface area contributed by atoms with Crippen molar-refractivity contribution in [1.82, 2.24) is 0 Å². The third-order valence-electron chi connectivity index (χ3n) is 3.03. The molecule has 0 radical (unpaired) electrons. The average molecular weight is 350 g/mol. The Kier molecular flexibility index (Phi) is 7.09. The van der Waals surface area contributed by atoms with E-state index in [2.05, 4.69) is 10.1 Å². The van der Waals surface area contributed by atoms with Crippen LogP contribution in [0.5, 0.6) is 11.5 Å². The SMILES string of the molecule is CCOC(=O)Nc1cc(OC)c(OC)cc1/C(O)=C(\C#N)C(=O)OC. The summed E-state index contributed by atoms with van der Waals surface area (Å²) in [5, 5.41) is 21.9. The molecule has 0 aliphatic rings. The molecule has 0 atom stereocenters. The van der Waals surface area contributed by atoms with Crippen LogP contribution in [0.3, 0.4) is 0 Å². The summed E-state index contributed by atoms with van der Waals surface area (Å²) in [6, 6.07) is 4.22. The van der Waals surface area contributed by atoms with E-state index in [0.717, 1.165) is 7.11 Å². The van der Waals surface area contributed by atoms with E-state index >= 15 is 0 Å². The number of amides is 1. The minimum atomic E-state index is -1.03. The van der Waals surface area contributed by atoms with Crippen LogP contribution in [0, 0.1) is 11.3 Å². The Morgan fingerprint density at radius 1 is 1.20 bits per heavy atom. The van der Waals surface area contributed by atoms with Gasteiger partial charge in [-0.15, -0.1) is 0 Å². The van der Waals surface area contributed by atoms with Crippen LogP contribution in [0.1, 0.15) is 12.5 Å². The van der Waals surface area contributed by atoms with E-state index in [1.807, 2.05) is 0 Å². The van der Waals surface area contributed by atoms with Crippen molar-refractivity contribution in [3.8, 4) is 17.6 Å². The van der Waals surface area contributed by atoms with Crippen molar-refractivity contribution >= 4 is 23.5 Å². The molecule has 9 nitrogen and oxygen atoms in total. The van der Waals surface area contributed by atoms with Gasteiger partial charge in [0.1, 0.15) is 11.8 Å². The number of rotatable bonds is 6. The summed E-state index contributed by atoms with van der Waals surface area (Å²) in [5.74, 6) is -1.26. The highest BCUT2D eigenvalue weighted by molar-refractivity contribution is 6.02. The second kappa shape index (κ2) is 9.02. The number of nitriles is 1. The highest BCUT2D eigenvalue weighted by atomic mass is 16.5. The molecule has 0 aromatic heterocycles. The van der Waals surface area contributed by atoms with Crippen LogP contribution in [0.15, 0.2) is 17.7 Å². The molecule has 0 saturated carbocycles. The molecule has 9 heteroatoms. The molecule has 0 aliphatic heterocycles. The molecular weight excluding hydrogens is 332 g/mol. The number of methoxy groups -OCH3 is 3. The fraction of sp³-hybridized carbons (Fsp3) is 0.312. The smallest absolute Gasteiger partial charge is 0.411 e. The molecule has 0 spiro atoms. The van der Waals surface area contributed by atoms with Crippen LogP contribution in [0.4, 0.5) is 10.5 Å². The quantitative estimate of drug-likeness (QED) is 0.346. The van der Waals surface area contributed by atoms with Crippen LogP contribution >= 0.6 is 0 Å². The fourth-order valence-electron chi connectivity index (χ4n) is 1.89. The molecule has 0 unspecified atom stereocenters. The van der Waals surface area contributed by atoms with Crippen LogP contribution in [0.2, 0.25) is 0 Å². The van der Waals surface area contributed by atoms with Gasteiger partial charge < -0.3 is 24.1 Å². The number of carbonyl (C=O) groups is 2. The van der Waals surface area contributed by atoms with Crippen molar-refractivity contribution in [3.63, 3.8) is 0 Å². The largest absolute Gasteiger partial charge is 0.506 e. The van der Waals surface area contributed by atoms with E-state index in [1.54, 1.807) is 13.0 Å². The Morgan fingerprint density at radius 2 is 1.80 bits per heavy atom. The maximum absolute atomic E-state index is 11.7. The summed E-state index contributed by atoms with van der Waals surface area (Å²) in [7, 11) is 3.82. The van der Waals surface area contributed by atoms with Gasteiger partial charge in [-0.05, 0) is 13.0 Å². The van der Waals surface area contributed by atoms with Crippen LogP contribution in [-0.4, -0.2) is 45.1 Å². The number of nitrogens with zero attached hydrogens (tertiary/aromatic N) is 1. The lowest BCUT2D eigenvalue weighted by molar-refractivity contribution is -0.135. The number of ether oxygens (including phenoxy) is 4. The first-order valence-corrected chi connectivity index (χ1v) is 7.05. The third kappa shape index (κ3) is 4.54. The predicted molar refractivity (Wildman–Crippen MR) is 87.4 cm³/mol. The van der Waals surface area contributed by atoms with Crippen molar-refractivity contribution in [2.45, 2.75) is 6.92 Å². The number of aliphatic hydroxyl groups is 1. The van der Waals surface area contributed by atoms with Gasteiger partial charge in [0.15, 0.2) is 17.1 Å². The summed E-state index contributed by atoms with van der Waals surface area (Å²) in [4.78, 5) is 23.4. The fourth-order valence-corrected chi connectivity index (χ4v) is 1.89. The number of benzene rings is 1. The lowest BCUT2D eigenvalue weighted by atomic mass is 10.1. The van der Waals surface area contributed by atoms with Gasteiger partial charge in [-0.2, -0.15) is 5.26 Å². The lowest BCUT2D eigenvalue weighted by Crippen LogP contribution is -2.15. The second-order valence-electron chi connectivity index (χ2n) is 4.43. The molecule has 1 rings (SSSR count). The Morgan fingerprint density at radius 3 is 2.28 bits per heavy atom. The van der Waals surface area contributed by atoms with Crippen LogP contribution in [0.25, 0.3) is 5.76 Å². The van der Waals surface area contributed by atoms with Gasteiger partial charge in [-0.1, -0.05) is 0 Å². The Bertz CT molecular complexity index is 735. The van der Waals surface area contributed by atoms with E-state index in [4.69, 9.17) is 19.5 Å². The summed E-state index contributed by atoms with van der Waals surface area (Å²) in [6.07, 6.45) is -0.791. The zero-order valence-electron chi connectivity index (χ0n) is 14.2. The molecule has 0 fully saturated rings. The zero-order chi connectivity index (χ0) is 19.0. The molecular formula is C16H18N2O7. The van der Waals surface area contributed by atoms with Gasteiger partial charge in [-0.3, -0.25) is 5.32 Å². The minimum Gasteiger partial charge on any atom is -0.506 e. The van der Waals surface area contributed by atoms with Crippen molar-refractivity contribution in [3.05, 3.63) is 23.3 Å².